The van der Waals surface area contributed by atoms with Crippen LogP contribution in [-0.4, -0.2) is 6.71 Å². The molecule has 5 aliphatic rings. The van der Waals surface area contributed by atoms with E-state index in [4.69, 9.17) is 4.42 Å². The highest BCUT2D eigenvalue weighted by molar-refractivity contribution is 7.01. The van der Waals surface area contributed by atoms with Crippen LogP contribution in [0, 0.1) is 27.7 Å². The average Bonchev–Trinajstić information content (AvgIpc) is 3.72. The summed E-state index contributed by atoms with van der Waals surface area (Å²) in [6.45, 7) is 38.6. The number of furan rings is 1. The second kappa shape index (κ2) is 15.3. The molecule has 4 heteroatoms. The van der Waals surface area contributed by atoms with E-state index in [9.17, 15) is 0 Å². The van der Waals surface area contributed by atoms with Crippen molar-refractivity contribution in [3.05, 3.63) is 159 Å². The summed E-state index contributed by atoms with van der Waals surface area (Å²) < 4.78 is 7.62. The van der Waals surface area contributed by atoms with E-state index in [2.05, 4.69) is 224 Å². The minimum absolute atomic E-state index is 0.00826. The maximum atomic E-state index is 7.62. The molecule has 1 aromatic heterocycles. The first kappa shape index (κ1) is 47.7. The zero-order chi connectivity index (χ0) is 52.1. The number of nitrogens with zero attached hydrogens (tertiary/aromatic N) is 2. The number of hydrogen-bond donors (Lipinski definition) is 0. The first-order valence-corrected chi connectivity index (χ1v) is 28.1. The molecule has 8 aromatic rings. The molecule has 376 valence electrons. The smallest absolute Gasteiger partial charge is 0.257 e. The van der Waals surface area contributed by atoms with Gasteiger partial charge in [-0.05, 0) is 237 Å². The van der Waals surface area contributed by atoms with Crippen LogP contribution in [0.5, 0.6) is 0 Å². The van der Waals surface area contributed by atoms with Crippen molar-refractivity contribution < 1.29 is 4.42 Å². The minimum atomic E-state index is -0.110. The Morgan fingerprint density at radius 1 is 0.405 bits per heavy atom. The Balaban J connectivity index is 1.21. The van der Waals surface area contributed by atoms with Crippen molar-refractivity contribution in [1.29, 1.82) is 0 Å². The third kappa shape index (κ3) is 6.70. The lowest BCUT2D eigenvalue weighted by Crippen LogP contribution is -2.62. The fraction of sp³-hybridized carbons (Fsp3) is 0.400. The van der Waals surface area contributed by atoms with Crippen LogP contribution in [-0.2, 0) is 32.5 Å². The molecule has 2 aliphatic heterocycles. The van der Waals surface area contributed by atoms with Gasteiger partial charge in [-0.3, -0.25) is 0 Å². The van der Waals surface area contributed by atoms with E-state index in [1.807, 2.05) is 0 Å². The molecule has 0 atom stereocenters. The molecular weight excluding hydrogens is 896 g/mol. The minimum Gasteiger partial charge on any atom is -0.457 e. The highest BCUT2D eigenvalue weighted by Crippen LogP contribution is 2.55. The molecule has 0 amide bonds. The van der Waals surface area contributed by atoms with Crippen LogP contribution in [0.4, 0.5) is 34.1 Å². The van der Waals surface area contributed by atoms with Crippen molar-refractivity contribution in [3.8, 4) is 11.1 Å². The van der Waals surface area contributed by atoms with Gasteiger partial charge in [0.2, 0.25) is 0 Å². The van der Waals surface area contributed by atoms with E-state index >= 15 is 0 Å². The molecular formula is C70H77BN2O. The van der Waals surface area contributed by atoms with Gasteiger partial charge in [0.15, 0.2) is 0 Å². The molecule has 0 spiro atoms. The molecule has 3 aliphatic carbocycles. The van der Waals surface area contributed by atoms with Gasteiger partial charge in [-0.15, -0.1) is 0 Å². The van der Waals surface area contributed by atoms with Crippen molar-refractivity contribution in [3.63, 3.8) is 0 Å². The number of aryl methyl sites for hydroxylation is 4. The number of benzene rings is 7. The summed E-state index contributed by atoms with van der Waals surface area (Å²) in [5.41, 5.74) is 30.3. The van der Waals surface area contributed by atoms with Gasteiger partial charge in [0.05, 0.1) is 0 Å². The fourth-order valence-electron chi connectivity index (χ4n) is 15.3. The van der Waals surface area contributed by atoms with Gasteiger partial charge in [0.1, 0.15) is 11.2 Å². The van der Waals surface area contributed by atoms with Crippen LogP contribution in [0.15, 0.2) is 108 Å². The molecule has 0 unspecified atom stereocenters. The lowest BCUT2D eigenvalue weighted by molar-refractivity contribution is 0.332. The fourth-order valence-corrected chi connectivity index (χ4v) is 15.3. The van der Waals surface area contributed by atoms with Crippen LogP contribution in [0.2, 0.25) is 0 Å². The molecule has 13 rings (SSSR count). The van der Waals surface area contributed by atoms with Gasteiger partial charge in [0, 0.05) is 44.9 Å². The van der Waals surface area contributed by atoms with Crippen LogP contribution in [0.1, 0.15) is 177 Å². The average molecular weight is 973 g/mol. The number of hydrogen-bond acceptors (Lipinski definition) is 3. The van der Waals surface area contributed by atoms with Crippen molar-refractivity contribution in [2.45, 2.75) is 182 Å². The Morgan fingerprint density at radius 3 is 1.54 bits per heavy atom. The third-order valence-electron chi connectivity index (χ3n) is 20.0. The quantitative estimate of drug-likeness (QED) is 0.165. The summed E-state index contributed by atoms with van der Waals surface area (Å²) in [5, 5.41) is 2.44. The molecule has 74 heavy (non-hydrogen) atoms. The van der Waals surface area contributed by atoms with E-state index in [1.165, 1.54) is 141 Å². The second-order valence-electron chi connectivity index (χ2n) is 28.0. The van der Waals surface area contributed by atoms with Gasteiger partial charge in [-0.25, -0.2) is 0 Å². The zero-order valence-corrected chi connectivity index (χ0v) is 47.4. The first-order chi connectivity index (χ1) is 34.8. The topological polar surface area (TPSA) is 19.6 Å². The van der Waals surface area contributed by atoms with Gasteiger partial charge in [-0.1, -0.05) is 131 Å². The predicted molar refractivity (Wildman–Crippen MR) is 318 cm³/mol. The SMILES string of the molecule is Cc1cc(C)c(-c2cc3c4c(c2)N(c2ccccc2C)c2ccc5c(oc6cc7c(cc65)C(C)(C)CCC7(C)C)c2B4c2cc4c(cc2N3c2ccc3c(c2)C(C)(C)CCC3(C)C)C(C)(C)CCC4(C)C)c(C)c1. The molecule has 3 nitrogen and oxygen atoms in total. The number of fused-ring (bicyclic) bond motifs is 11. The standard InChI is InChI=1S/C70H77BN2O/c1-40-31-42(3)61(43(4)32-40)44-33-58-62-59(34-44)73(55-20-18-17-19-41(55)2)56-24-22-46-47-36-50-53(70(15,16)30-27-67(50,9)10)39-60(47)74-64(46)63(56)71(62)54-37-51-52(69(13,14)29-28-68(51,11)12)38-57(54)72(58)45-21-23-48-49(35-45)66(7,8)26-25-65(48,5)6/h17-24,31-39H,25-30H2,1-16H3. The van der Waals surface area contributed by atoms with E-state index in [0.717, 1.165) is 36.8 Å². The predicted octanol–water partition coefficient (Wildman–Crippen LogP) is 17.6. The Hall–Kier alpha value is -6.00. The number of para-hydroxylation sites is 1. The van der Waals surface area contributed by atoms with E-state index in [0.29, 0.717) is 0 Å². The van der Waals surface area contributed by atoms with E-state index in [1.54, 1.807) is 0 Å². The van der Waals surface area contributed by atoms with Crippen molar-refractivity contribution in [1.82, 2.24) is 0 Å². The largest absolute Gasteiger partial charge is 0.457 e. The van der Waals surface area contributed by atoms with Crippen molar-refractivity contribution in [2.24, 2.45) is 0 Å². The summed E-state index contributed by atoms with van der Waals surface area (Å²) in [5.74, 6) is 0. The molecule has 7 aromatic carbocycles. The van der Waals surface area contributed by atoms with Gasteiger partial charge in [-0.2, -0.15) is 0 Å². The maximum absolute atomic E-state index is 7.62. The highest BCUT2D eigenvalue weighted by Gasteiger charge is 2.49. The molecule has 0 N–H and O–H groups in total. The summed E-state index contributed by atoms with van der Waals surface area (Å²) in [6.07, 6.45) is 6.99. The monoisotopic (exact) mass is 973 g/mol. The maximum Gasteiger partial charge on any atom is 0.257 e. The van der Waals surface area contributed by atoms with Gasteiger partial charge < -0.3 is 14.2 Å². The van der Waals surface area contributed by atoms with Gasteiger partial charge >= 0.3 is 0 Å². The number of anilines is 6. The second-order valence-corrected chi connectivity index (χ2v) is 28.0. The lowest BCUT2D eigenvalue weighted by atomic mass is 9.32. The lowest BCUT2D eigenvalue weighted by Gasteiger charge is -2.48. The van der Waals surface area contributed by atoms with Crippen LogP contribution < -0.4 is 26.2 Å². The van der Waals surface area contributed by atoms with Crippen molar-refractivity contribution in [2.75, 3.05) is 9.80 Å². The Morgan fingerprint density at radius 2 is 0.932 bits per heavy atom. The molecule has 0 radical (unpaired) electrons. The molecule has 3 heterocycles. The summed E-state index contributed by atoms with van der Waals surface area (Å²) >= 11 is 0. The molecule has 0 saturated carbocycles. The molecule has 0 fully saturated rings. The van der Waals surface area contributed by atoms with Crippen LogP contribution in [0.25, 0.3) is 33.1 Å². The Labute approximate surface area is 442 Å². The summed E-state index contributed by atoms with van der Waals surface area (Å²) in [7, 11) is 0. The van der Waals surface area contributed by atoms with Crippen molar-refractivity contribution >= 4 is 79.2 Å². The third-order valence-corrected chi connectivity index (χ3v) is 20.0. The van der Waals surface area contributed by atoms with Gasteiger partial charge in [0.25, 0.3) is 6.71 Å². The molecule has 0 bridgehead atoms. The zero-order valence-electron chi connectivity index (χ0n) is 47.4. The highest BCUT2D eigenvalue weighted by atomic mass is 16.3. The summed E-state index contributed by atoms with van der Waals surface area (Å²) in [4.78, 5) is 5.35. The Bertz CT molecular complexity index is 3730. The summed E-state index contributed by atoms with van der Waals surface area (Å²) in [6, 6.07) is 41.7. The van der Waals surface area contributed by atoms with Crippen LogP contribution >= 0.6 is 0 Å². The normalized spacial score (nSPS) is 19.9. The first-order valence-electron chi connectivity index (χ1n) is 28.1. The van der Waals surface area contributed by atoms with E-state index in [-0.39, 0.29) is 39.2 Å². The number of rotatable bonds is 3. The van der Waals surface area contributed by atoms with E-state index < -0.39 is 0 Å². The Kier molecular flexibility index (Phi) is 9.88. The molecule has 0 saturated heterocycles. The van der Waals surface area contributed by atoms with Crippen LogP contribution in [0.3, 0.4) is 0 Å².